The third kappa shape index (κ3) is 5.26. The number of likely N-dealkylation sites (N-methyl/N-ethyl adjacent to an activating group) is 1. The molecule has 1 aliphatic rings. The standard InChI is InChI=1S/C23H31N3O3/c1-3-25(4-2)20(18-10-6-5-7-11-18)16-24-22(27)19-12-8-14-26(17-19)23(28)21-13-9-15-29-21/h5-7,9-11,13,15,19-20H,3-4,8,12,14,16-17H2,1-2H3,(H,24,27). The summed E-state index contributed by atoms with van der Waals surface area (Å²) in [6.07, 6.45) is 3.12. The van der Waals surface area contributed by atoms with Crippen molar-refractivity contribution in [3.05, 3.63) is 60.1 Å². The predicted octanol–water partition coefficient (Wildman–Crippen LogP) is 3.33. The average molecular weight is 398 g/mol. The lowest BCUT2D eigenvalue weighted by atomic mass is 9.96. The van der Waals surface area contributed by atoms with Gasteiger partial charge in [0, 0.05) is 19.6 Å². The Morgan fingerprint density at radius 1 is 1.17 bits per heavy atom. The molecule has 2 amide bonds. The van der Waals surface area contributed by atoms with Crippen molar-refractivity contribution in [2.45, 2.75) is 32.7 Å². The molecule has 2 unspecified atom stereocenters. The maximum Gasteiger partial charge on any atom is 0.289 e. The lowest BCUT2D eigenvalue weighted by Gasteiger charge is -2.33. The number of nitrogens with zero attached hydrogens (tertiary/aromatic N) is 2. The van der Waals surface area contributed by atoms with Crippen molar-refractivity contribution in [1.29, 1.82) is 0 Å². The smallest absolute Gasteiger partial charge is 0.289 e. The van der Waals surface area contributed by atoms with Crippen LogP contribution in [0.2, 0.25) is 0 Å². The zero-order chi connectivity index (χ0) is 20.6. The van der Waals surface area contributed by atoms with Crippen LogP contribution in [0.25, 0.3) is 0 Å². The third-order valence-electron chi connectivity index (χ3n) is 5.72. The normalized spacial score (nSPS) is 17.9. The van der Waals surface area contributed by atoms with E-state index in [4.69, 9.17) is 4.42 Å². The molecule has 0 radical (unpaired) electrons. The van der Waals surface area contributed by atoms with Gasteiger partial charge in [-0.05, 0) is 43.6 Å². The molecule has 1 aromatic carbocycles. The summed E-state index contributed by atoms with van der Waals surface area (Å²) in [5, 5.41) is 3.15. The molecule has 0 aliphatic carbocycles. The minimum atomic E-state index is -0.184. The molecule has 0 saturated carbocycles. The number of nitrogens with one attached hydrogen (secondary N) is 1. The quantitative estimate of drug-likeness (QED) is 0.742. The Morgan fingerprint density at radius 3 is 2.59 bits per heavy atom. The number of piperidine rings is 1. The minimum absolute atomic E-state index is 0.0232. The van der Waals surface area contributed by atoms with Crippen LogP contribution in [0.1, 0.15) is 48.8 Å². The number of benzene rings is 1. The Balaban J connectivity index is 1.61. The number of hydrogen-bond acceptors (Lipinski definition) is 4. The van der Waals surface area contributed by atoms with Gasteiger partial charge in [-0.25, -0.2) is 0 Å². The zero-order valence-electron chi connectivity index (χ0n) is 17.3. The topological polar surface area (TPSA) is 65.8 Å². The van der Waals surface area contributed by atoms with Gasteiger partial charge < -0.3 is 14.6 Å². The molecule has 6 nitrogen and oxygen atoms in total. The van der Waals surface area contributed by atoms with E-state index in [9.17, 15) is 9.59 Å². The van der Waals surface area contributed by atoms with Gasteiger partial charge in [-0.15, -0.1) is 0 Å². The molecule has 1 aliphatic heterocycles. The molecular formula is C23H31N3O3. The van der Waals surface area contributed by atoms with Crippen molar-refractivity contribution in [2.24, 2.45) is 5.92 Å². The first-order chi connectivity index (χ1) is 14.1. The molecule has 1 saturated heterocycles. The average Bonchev–Trinajstić information content (AvgIpc) is 3.31. The van der Waals surface area contributed by atoms with Gasteiger partial charge >= 0.3 is 0 Å². The van der Waals surface area contributed by atoms with Gasteiger partial charge in [0.1, 0.15) is 0 Å². The summed E-state index contributed by atoms with van der Waals surface area (Å²) in [6.45, 7) is 7.78. The molecule has 1 aromatic heterocycles. The minimum Gasteiger partial charge on any atom is -0.459 e. The summed E-state index contributed by atoms with van der Waals surface area (Å²) >= 11 is 0. The van der Waals surface area contributed by atoms with Crippen molar-refractivity contribution in [2.75, 3.05) is 32.7 Å². The predicted molar refractivity (Wildman–Crippen MR) is 112 cm³/mol. The van der Waals surface area contributed by atoms with Crippen LogP contribution in [-0.2, 0) is 4.79 Å². The molecule has 1 fully saturated rings. The molecular weight excluding hydrogens is 366 g/mol. The molecule has 0 bridgehead atoms. The van der Waals surface area contributed by atoms with Crippen LogP contribution >= 0.6 is 0 Å². The second kappa shape index (κ2) is 10.3. The summed E-state index contributed by atoms with van der Waals surface area (Å²) in [5.74, 6) is 0.0281. The van der Waals surface area contributed by atoms with E-state index in [1.54, 1.807) is 17.0 Å². The van der Waals surface area contributed by atoms with Gasteiger partial charge in [0.2, 0.25) is 5.91 Å². The van der Waals surface area contributed by atoms with Crippen LogP contribution in [0.15, 0.2) is 53.1 Å². The number of carbonyl (C=O) groups is 2. The number of likely N-dealkylation sites (tertiary alicyclic amines) is 1. The van der Waals surface area contributed by atoms with Crippen molar-refractivity contribution >= 4 is 11.8 Å². The van der Waals surface area contributed by atoms with Gasteiger partial charge in [0.05, 0.1) is 18.2 Å². The van der Waals surface area contributed by atoms with Gasteiger partial charge in [-0.1, -0.05) is 44.2 Å². The van der Waals surface area contributed by atoms with Crippen molar-refractivity contribution in [1.82, 2.24) is 15.1 Å². The fourth-order valence-corrected chi connectivity index (χ4v) is 4.07. The van der Waals surface area contributed by atoms with E-state index in [0.29, 0.717) is 25.4 Å². The summed E-state index contributed by atoms with van der Waals surface area (Å²) < 4.78 is 5.23. The van der Waals surface area contributed by atoms with Gasteiger partial charge in [0.15, 0.2) is 5.76 Å². The fourth-order valence-electron chi connectivity index (χ4n) is 4.07. The van der Waals surface area contributed by atoms with Gasteiger partial charge in [0.25, 0.3) is 5.91 Å². The van der Waals surface area contributed by atoms with Crippen molar-refractivity contribution in [3.63, 3.8) is 0 Å². The second-order valence-corrected chi connectivity index (χ2v) is 7.46. The first-order valence-corrected chi connectivity index (χ1v) is 10.5. The van der Waals surface area contributed by atoms with E-state index in [2.05, 4.69) is 36.2 Å². The molecule has 2 aromatic rings. The molecule has 1 N–H and O–H groups in total. The fraction of sp³-hybridized carbons (Fsp3) is 0.478. The largest absolute Gasteiger partial charge is 0.459 e. The number of hydrogen-bond donors (Lipinski definition) is 1. The second-order valence-electron chi connectivity index (χ2n) is 7.46. The molecule has 29 heavy (non-hydrogen) atoms. The van der Waals surface area contributed by atoms with Crippen LogP contribution in [0, 0.1) is 5.92 Å². The lowest BCUT2D eigenvalue weighted by molar-refractivity contribution is -0.126. The highest BCUT2D eigenvalue weighted by atomic mass is 16.3. The summed E-state index contributed by atoms with van der Waals surface area (Å²) in [5.41, 5.74) is 1.20. The summed E-state index contributed by atoms with van der Waals surface area (Å²) in [4.78, 5) is 29.5. The van der Waals surface area contributed by atoms with Crippen LogP contribution in [0.3, 0.4) is 0 Å². The summed E-state index contributed by atoms with van der Waals surface area (Å²) in [6, 6.07) is 13.8. The molecule has 2 atom stereocenters. The number of rotatable bonds is 8. The number of carbonyl (C=O) groups excluding carboxylic acids is 2. The van der Waals surface area contributed by atoms with Crippen LogP contribution in [-0.4, -0.2) is 54.3 Å². The first-order valence-electron chi connectivity index (χ1n) is 10.5. The van der Waals surface area contributed by atoms with E-state index in [-0.39, 0.29) is 23.8 Å². The van der Waals surface area contributed by atoms with E-state index in [1.165, 1.54) is 11.8 Å². The van der Waals surface area contributed by atoms with Crippen LogP contribution in [0.5, 0.6) is 0 Å². The molecule has 0 spiro atoms. The Hall–Kier alpha value is -2.60. The van der Waals surface area contributed by atoms with Gasteiger partial charge in [-0.3, -0.25) is 14.5 Å². The van der Waals surface area contributed by atoms with E-state index >= 15 is 0 Å². The van der Waals surface area contributed by atoms with Crippen molar-refractivity contribution < 1.29 is 14.0 Å². The Kier molecular flexibility index (Phi) is 7.47. The number of amides is 2. The van der Waals surface area contributed by atoms with Crippen LogP contribution in [0.4, 0.5) is 0 Å². The maximum atomic E-state index is 12.9. The van der Waals surface area contributed by atoms with Gasteiger partial charge in [-0.2, -0.15) is 0 Å². The Morgan fingerprint density at radius 2 is 1.93 bits per heavy atom. The van der Waals surface area contributed by atoms with E-state index in [0.717, 1.165) is 25.9 Å². The van der Waals surface area contributed by atoms with Crippen LogP contribution < -0.4 is 5.32 Å². The molecule has 3 rings (SSSR count). The third-order valence-corrected chi connectivity index (χ3v) is 5.72. The molecule has 6 heteroatoms. The monoisotopic (exact) mass is 397 g/mol. The Bertz CT molecular complexity index is 772. The van der Waals surface area contributed by atoms with E-state index in [1.807, 2.05) is 18.2 Å². The SMILES string of the molecule is CCN(CC)C(CNC(=O)C1CCCN(C(=O)c2ccco2)C1)c1ccccc1. The van der Waals surface area contributed by atoms with Crippen molar-refractivity contribution in [3.8, 4) is 0 Å². The molecule has 2 heterocycles. The maximum absolute atomic E-state index is 12.9. The highest BCUT2D eigenvalue weighted by Crippen LogP contribution is 2.22. The highest BCUT2D eigenvalue weighted by Gasteiger charge is 2.30. The lowest BCUT2D eigenvalue weighted by Crippen LogP contribution is -2.47. The number of furan rings is 1. The molecule has 156 valence electrons. The van der Waals surface area contributed by atoms with E-state index < -0.39 is 0 Å². The highest BCUT2D eigenvalue weighted by molar-refractivity contribution is 5.92. The zero-order valence-corrected chi connectivity index (χ0v) is 17.3. The first kappa shape index (κ1) is 21.1. The summed E-state index contributed by atoms with van der Waals surface area (Å²) in [7, 11) is 0. The Labute approximate surface area is 172 Å².